The Hall–Kier alpha value is -3.21. The number of nitrogens with two attached hydrogens (primary N) is 1. The minimum absolute atomic E-state index is 0.223. The second-order valence-electron chi connectivity index (χ2n) is 6.99. The van der Waals surface area contributed by atoms with Gasteiger partial charge in [0.25, 0.3) is 0 Å². The molecule has 5 nitrogen and oxygen atoms in total. The molecule has 0 fully saturated rings. The summed E-state index contributed by atoms with van der Waals surface area (Å²) in [4.78, 5) is 20.9. The van der Waals surface area contributed by atoms with Crippen LogP contribution < -0.4 is 10.5 Å². The molecule has 0 saturated carbocycles. The first-order chi connectivity index (χ1) is 12.5. The van der Waals surface area contributed by atoms with Crippen LogP contribution in [0.15, 0.2) is 60.9 Å². The zero-order valence-electron chi connectivity index (χ0n) is 14.6. The van der Waals surface area contributed by atoms with Crippen LogP contribution in [0, 0.1) is 5.41 Å². The first kappa shape index (κ1) is 16.3. The summed E-state index contributed by atoms with van der Waals surface area (Å²) >= 11 is 0. The fourth-order valence-corrected chi connectivity index (χ4v) is 3.44. The summed E-state index contributed by atoms with van der Waals surface area (Å²) in [7, 11) is 0. The highest BCUT2D eigenvalue weighted by molar-refractivity contribution is 5.83. The number of hydrogen-bond acceptors (Lipinski definition) is 4. The van der Waals surface area contributed by atoms with Crippen LogP contribution >= 0.6 is 0 Å². The number of pyridine rings is 2. The molecule has 0 bridgehead atoms. The van der Waals surface area contributed by atoms with E-state index in [2.05, 4.69) is 4.98 Å². The molecule has 130 valence electrons. The molecule has 1 aromatic carbocycles. The minimum Gasteiger partial charge on any atom is -0.438 e. The van der Waals surface area contributed by atoms with Crippen LogP contribution in [0.25, 0.3) is 11.3 Å². The maximum Gasteiger partial charge on any atom is 0.224 e. The average Bonchev–Trinajstić information content (AvgIpc) is 2.66. The molecule has 0 aliphatic carbocycles. The molecule has 0 saturated heterocycles. The smallest absolute Gasteiger partial charge is 0.224 e. The first-order valence-corrected chi connectivity index (χ1v) is 8.46. The van der Waals surface area contributed by atoms with Crippen LogP contribution in [-0.2, 0) is 4.79 Å². The normalized spacial score (nSPS) is 15.5. The third-order valence-electron chi connectivity index (χ3n) is 4.97. The Balaban J connectivity index is 1.89. The molecule has 1 unspecified atom stereocenters. The van der Waals surface area contributed by atoms with Gasteiger partial charge in [-0.15, -0.1) is 0 Å². The standard InChI is InChI=1S/C21H19N3O2/c1-21(2,20(22)25)18-14-5-3-4-6-17(14)26-19-15(18)7-8-16(24-19)13-9-11-23-12-10-13/h3-12,18H,1-2H3,(H2,22,25). The number of aromatic nitrogens is 2. The topological polar surface area (TPSA) is 78.1 Å². The molecule has 4 rings (SSSR count). The van der Waals surface area contributed by atoms with Crippen molar-refractivity contribution in [1.82, 2.24) is 9.97 Å². The Bertz CT molecular complexity index is 984. The van der Waals surface area contributed by atoms with Crippen molar-refractivity contribution in [1.29, 1.82) is 0 Å². The molecule has 2 N–H and O–H groups in total. The predicted molar refractivity (Wildman–Crippen MR) is 98.8 cm³/mol. The SMILES string of the molecule is CC(C)(C(N)=O)C1c2ccccc2Oc2nc(-c3ccncc3)ccc21. The molecule has 1 atom stereocenters. The van der Waals surface area contributed by atoms with Gasteiger partial charge in [0.2, 0.25) is 11.8 Å². The number of nitrogens with zero attached hydrogens (tertiary/aromatic N) is 2. The molecule has 0 radical (unpaired) electrons. The highest BCUT2D eigenvalue weighted by Crippen LogP contribution is 2.51. The van der Waals surface area contributed by atoms with Crippen molar-refractivity contribution in [2.24, 2.45) is 11.1 Å². The third-order valence-corrected chi connectivity index (χ3v) is 4.97. The van der Waals surface area contributed by atoms with Gasteiger partial charge in [0, 0.05) is 35.0 Å². The zero-order valence-corrected chi connectivity index (χ0v) is 14.6. The molecule has 26 heavy (non-hydrogen) atoms. The van der Waals surface area contributed by atoms with Crippen LogP contribution in [0.5, 0.6) is 11.6 Å². The number of primary amides is 1. The third kappa shape index (κ3) is 2.52. The first-order valence-electron chi connectivity index (χ1n) is 8.46. The van der Waals surface area contributed by atoms with Crippen molar-refractivity contribution < 1.29 is 9.53 Å². The Labute approximate surface area is 151 Å². The molecular formula is C21H19N3O2. The zero-order chi connectivity index (χ0) is 18.3. The van der Waals surface area contributed by atoms with E-state index in [1.54, 1.807) is 12.4 Å². The lowest BCUT2D eigenvalue weighted by Crippen LogP contribution is -2.38. The Morgan fingerprint density at radius 2 is 1.77 bits per heavy atom. The van der Waals surface area contributed by atoms with Gasteiger partial charge in [0.05, 0.1) is 11.1 Å². The molecular weight excluding hydrogens is 326 g/mol. The van der Waals surface area contributed by atoms with Gasteiger partial charge in [-0.1, -0.05) is 38.1 Å². The van der Waals surface area contributed by atoms with Crippen molar-refractivity contribution in [2.75, 3.05) is 0 Å². The molecule has 5 heteroatoms. The summed E-state index contributed by atoms with van der Waals surface area (Å²) in [5.74, 6) is 0.637. The second-order valence-corrected chi connectivity index (χ2v) is 6.99. The average molecular weight is 345 g/mol. The van der Waals surface area contributed by atoms with Crippen LogP contribution in [0.4, 0.5) is 0 Å². The largest absolute Gasteiger partial charge is 0.438 e. The van der Waals surface area contributed by atoms with Gasteiger partial charge in [0.15, 0.2) is 0 Å². The summed E-state index contributed by atoms with van der Waals surface area (Å²) in [5.41, 5.74) is 8.51. The number of carbonyl (C=O) groups excluding carboxylic acids is 1. The fourth-order valence-electron chi connectivity index (χ4n) is 3.44. The van der Waals surface area contributed by atoms with Gasteiger partial charge in [-0.25, -0.2) is 4.98 Å². The van der Waals surface area contributed by atoms with Crippen molar-refractivity contribution in [3.8, 4) is 22.9 Å². The number of fused-ring (bicyclic) bond motifs is 2. The van der Waals surface area contributed by atoms with Crippen molar-refractivity contribution in [3.63, 3.8) is 0 Å². The van der Waals surface area contributed by atoms with E-state index in [4.69, 9.17) is 15.5 Å². The quantitative estimate of drug-likeness (QED) is 0.781. The Morgan fingerprint density at radius 1 is 1.04 bits per heavy atom. The lowest BCUT2D eigenvalue weighted by atomic mass is 9.70. The van der Waals surface area contributed by atoms with Gasteiger partial charge in [-0.2, -0.15) is 0 Å². The number of rotatable bonds is 3. The van der Waals surface area contributed by atoms with E-state index >= 15 is 0 Å². The summed E-state index contributed by atoms with van der Waals surface area (Å²) in [6.07, 6.45) is 3.46. The van der Waals surface area contributed by atoms with Gasteiger partial charge in [0.1, 0.15) is 5.75 Å². The van der Waals surface area contributed by atoms with E-state index in [0.29, 0.717) is 11.6 Å². The van der Waals surface area contributed by atoms with E-state index in [9.17, 15) is 4.79 Å². The van der Waals surface area contributed by atoms with Crippen LogP contribution in [0.3, 0.4) is 0 Å². The Morgan fingerprint density at radius 3 is 2.50 bits per heavy atom. The highest BCUT2D eigenvalue weighted by atomic mass is 16.5. The van der Waals surface area contributed by atoms with Crippen LogP contribution in [-0.4, -0.2) is 15.9 Å². The summed E-state index contributed by atoms with van der Waals surface area (Å²) < 4.78 is 6.07. The maximum atomic E-state index is 12.2. The molecule has 0 spiro atoms. The number of hydrogen-bond donors (Lipinski definition) is 1. The van der Waals surface area contributed by atoms with E-state index in [1.165, 1.54) is 0 Å². The van der Waals surface area contributed by atoms with E-state index in [0.717, 1.165) is 22.4 Å². The molecule has 1 aliphatic rings. The van der Waals surface area contributed by atoms with Crippen molar-refractivity contribution >= 4 is 5.91 Å². The second kappa shape index (κ2) is 5.95. The monoisotopic (exact) mass is 345 g/mol. The predicted octanol–water partition coefficient (Wildman–Crippen LogP) is 3.89. The molecule has 1 aliphatic heterocycles. The van der Waals surface area contributed by atoms with E-state index < -0.39 is 5.41 Å². The summed E-state index contributed by atoms with van der Waals surface area (Å²) in [5, 5.41) is 0. The van der Waals surface area contributed by atoms with Gasteiger partial charge in [-0.3, -0.25) is 9.78 Å². The molecule has 2 aromatic heterocycles. The summed E-state index contributed by atoms with van der Waals surface area (Å²) in [6.45, 7) is 3.73. The minimum atomic E-state index is -0.783. The van der Waals surface area contributed by atoms with Crippen LogP contribution in [0.1, 0.15) is 30.9 Å². The number of carbonyl (C=O) groups is 1. The fraction of sp³-hybridized carbons (Fsp3) is 0.190. The van der Waals surface area contributed by atoms with Crippen molar-refractivity contribution in [2.45, 2.75) is 19.8 Å². The number of para-hydroxylation sites is 1. The Kier molecular flexibility index (Phi) is 3.72. The van der Waals surface area contributed by atoms with Gasteiger partial charge in [-0.05, 0) is 24.3 Å². The summed E-state index contributed by atoms with van der Waals surface area (Å²) in [6, 6.07) is 15.4. The number of benzene rings is 1. The number of amides is 1. The lowest BCUT2D eigenvalue weighted by molar-refractivity contribution is -0.126. The van der Waals surface area contributed by atoms with Gasteiger partial charge < -0.3 is 10.5 Å². The maximum absolute atomic E-state index is 12.2. The molecule has 3 heterocycles. The molecule has 1 amide bonds. The van der Waals surface area contributed by atoms with E-state index in [1.807, 2.05) is 62.4 Å². The highest BCUT2D eigenvalue weighted by Gasteiger charge is 2.42. The van der Waals surface area contributed by atoms with Crippen LogP contribution in [0.2, 0.25) is 0 Å². The van der Waals surface area contributed by atoms with Gasteiger partial charge >= 0.3 is 0 Å². The number of ether oxygens (including phenoxy) is 1. The van der Waals surface area contributed by atoms with Crippen molar-refractivity contribution in [3.05, 3.63) is 72.1 Å². The molecule has 3 aromatic rings. The lowest BCUT2D eigenvalue weighted by Gasteiger charge is -2.36. The van der Waals surface area contributed by atoms with E-state index in [-0.39, 0.29) is 11.8 Å².